The molecule has 178 valence electrons. The summed E-state index contributed by atoms with van der Waals surface area (Å²) in [5.74, 6) is 2.55. The molecule has 4 heteroatoms. The fraction of sp³-hybridized carbons (Fsp3) is 0.379. The van der Waals surface area contributed by atoms with E-state index in [1.807, 2.05) is 81.4 Å². The molecule has 0 aliphatic heterocycles. The third-order valence-electron chi connectivity index (χ3n) is 4.96. The van der Waals surface area contributed by atoms with E-state index in [-0.39, 0.29) is 5.41 Å². The summed E-state index contributed by atoms with van der Waals surface area (Å²) in [6.45, 7) is 13.9. The number of ether oxygens (including phenoxy) is 4. The van der Waals surface area contributed by atoms with Crippen LogP contribution in [0.1, 0.15) is 45.7 Å². The van der Waals surface area contributed by atoms with Crippen LogP contribution in [0.3, 0.4) is 0 Å². The average Bonchev–Trinajstić information content (AvgIpc) is 2.81. The fourth-order valence-electron chi connectivity index (χ4n) is 3.20. The van der Waals surface area contributed by atoms with Crippen LogP contribution in [-0.2, 0) is 21.5 Å². The Hall–Kier alpha value is -2.82. The molecule has 0 spiro atoms. The van der Waals surface area contributed by atoms with Crippen LogP contribution in [0.4, 0.5) is 0 Å². The second-order valence-corrected chi connectivity index (χ2v) is 8.18. The van der Waals surface area contributed by atoms with E-state index in [0.717, 1.165) is 36.0 Å². The van der Waals surface area contributed by atoms with Crippen molar-refractivity contribution in [2.45, 2.75) is 46.6 Å². The van der Waals surface area contributed by atoms with Crippen LogP contribution in [0.2, 0.25) is 0 Å². The zero-order valence-electron chi connectivity index (χ0n) is 20.7. The lowest BCUT2D eigenvalue weighted by atomic mass is 9.85. The Morgan fingerprint density at radius 2 is 1.30 bits per heavy atom. The van der Waals surface area contributed by atoms with Crippen molar-refractivity contribution in [1.82, 2.24) is 0 Å². The minimum Gasteiger partial charge on any atom is -0.494 e. The first kappa shape index (κ1) is 26.4. The summed E-state index contributed by atoms with van der Waals surface area (Å²) in [6, 6.07) is 26.1. The van der Waals surface area contributed by atoms with E-state index in [4.69, 9.17) is 18.9 Å². The number of hydrogen-bond acceptors (Lipinski definition) is 4. The molecule has 4 nitrogen and oxygen atoms in total. The summed E-state index contributed by atoms with van der Waals surface area (Å²) in [5, 5.41) is 0. The Kier molecular flexibility index (Phi) is 11.5. The molecule has 3 rings (SSSR count). The van der Waals surface area contributed by atoms with Crippen LogP contribution < -0.4 is 9.47 Å². The first-order valence-electron chi connectivity index (χ1n) is 11.7. The Morgan fingerprint density at radius 3 is 1.91 bits per heavy atom. The highest BCUT2D eigenvalue weighted by Gasteiger charge is 2.21. The van der Waals surface area contributed by atoms with Crippen molar-refractivity contribution in [2.24, 2.45) is 0 Å². The first-order chi connectivity index (χ1) is 16.0. The Labute approximate surface area is 199 Å². The van der Waals surface area contributed by atoms with E-state index in [9.17, 15) is 0 Å². The molecule has 0 aliphatic rings. The summed E-state index contributed by atoms with van der Waals surface area (Å²) in [7, 11) is 0. The maximum absolute atomic E-state index is 6.04. The maximum atomic E-state index is 6.04. The molecule has 0 saturated heterocycles. The summed E-state index contributed by atoms with van der Waals surface area (Å²) < 4.78 is 22.3. The van der Waals surface area contributed by atoms with Crippen molar-refractivity contribution < 1.29 is 18.9 Å². The molecule has 0 aliphatic carbocycles. The van der Waals surface area contributed by atoms with Crippen molar-refractivity contribution >= 4 is 0 Å². The van der Waals surface area contributed by atoms with Gasteiger partial charge in [0.05, 0.1) is 19.8 Å². The smallest absolute Gasteiger partial charge is 0.127 e. The standard InChI is InChI=1S/C25H28O3.C4H10O/c1-4-27-22-15-13-21(14-16-22)25(2,3)19-26-18-20-9-8-12-24(17-20)28-23-10-6-5-7-11-23;1-3-5-4-2/h5-17H,4,18-19H2,1-3H3;3-4H2,1-2H3. The number of para-hydroxylation sites is 1. The Morgan fingerprint density at radius 1 is 0.636 bits per heavy atom. The molecular formula is C29H38O4. The average molecular weight is 451 g/mol. The third kappa shape index (κ3) is 9.68. The van der Waals surface area contributed by atoms with E-state index in [2.05, 4.69) is 32.0 Å². The molecule has 0 fully saturated rings. The molecule has 0 radical (unpaired) electrons. The van der Waals surface area contributed by atoms with Crippen LogP contribution in [0.15, 0.2) is 78.9 Å². The van der Waals surface area contributed by atoms with E-state index in [1.165, 1.54) is 5.56 Å². The molecule has 0 atom stereocenters. The largest absolute Gasteiger partial charge is 0.494 e. The number of rotatable bonds is 11. The molecule has 0 saturated carbocycles. The van der Waals surface area contributed by atoms with Crippen LogP contribution in [0.25, 0.3) is 0 Å². The molecule has 33 heavy (non-hydrogen) atoms. The zero-order valence-corrected chi connectivity index (χ0v) is 20.7. The lowest BCUT2D eigenvalue weighted by molar-refractivity contribution is 0.0824. The van der Waals surface area contributed by atoms with Crippen molar-refractivity contribution in [3.63, 3.8) is 0 Å². The van der Waals surface area contributed by atoms with Crippen LogP contribution in [-0.4, -0.2) is 26.4 Å². The predicted molar refractivity (Wildman–Crippen MR) is 135 cm³/mol. The van der Waals surface area contributed by atoms with Crippen molar-refractivity contribution in [2.75, 3.05) is 26.4 Å². The highest BCUT2D eigenvalue weighted by atomic mass is 16.5. The quantitative estimate of drug-likeness (QED) is 0.305. The molecule has 0 amide bonds. The second-order valence-electron chi connectivity index (χ2n) is 8.18. The van der Waals surface area contributed by atoms with E-state index >= 15 is 0 Å². The van der Waals surface area contributed by atoms with Crippen LogP contribution in [0, 0.1) is 0 Å². The van der Waals surface area contributed by atoms with Gasteiger partial charge >= 0.3 is 0 Å². The lowest BCUT2D eigenvalue weighted by Gasteiger charge is -2.25. The summed E-state index contributed by atoms with van der Waals surface area (Å²) in [5.41, 5.74) is 2.25. The zero-order chi connectivity index (χ0) is 23.9. The summed E-state index contributed by atoms with van der Waals surface area (Å²) in [4.78, 5) is 0. The van der Waals surface area contributed by atoms with Gasteiger partial charge in [-0.15, -0.1) is 0 Å². The van der Waals surface area contributed by atoms with Gasteiger partial charge in [-0.05, 0) is 68.3 Å². The molecule has 0 aromatic heterocycles. The SMILES string of the molecule is CCOCC.CCOc1ccc(C(C)(C)COCc2cccc(Oc3ccccc3)c2)cc1. The number of benzene rings is 3. The van der Waals surface area contributed by atoms with Gasteiger partial charge in [0.2, 0.25) is 0 Å². The maximum Gasteiger partial charge on any atom is 0.127 e. The van der Waals surface area contributed by atoms with Crippen molar-refractivity contribution in [3.8, 4) is 17.2 Å². The van der Waals surface area contributed by atoms with E-state index in [0.29, 0.717) is 19.8 Å². The Balaban J connectivity index is 0.000000696. The summed E-state index contributed by atoms with van der Waals surface area (Å²) >= 11 is 0. The van der Waals surface area contributed by atoms with Crippen LogP contribution >= 0.6 is 0 Å². The first-order valence-corrected chi connectivity index (χ1v) is 11.7. The van der Waals surface area contributed by atoms with Crippen molar-refractivity contribution in [1.29, 1.82) is 0 Å². The predicted octanol–water partition coefficient (Wildman–Crippen LogP) is 7.41. The van der Waals surface area contributed by atoms with Gasteiger partial charge in [0.25, 0.3) is 0 Å². The topological polar surface area (TPSA) is 36.9 Å². The monoisotopic (exact) mass is 450 g/mol. The van der Waals surface area contributed by atoms with Gasteiger partial charge in [0.15, 0.2) is 0 Å². The van der Waals surface area contributed by atoms with Gasteiger partial charge in [-0.1, -0.05) is 56.3 Å². The second kappa shape index (κ2) is 14.4. The van der Waals surface area contributed by atoms with E-state index < -0.39 is 0 Å². The highest BCUT2D eigenvalue weighted by molar-refractivity contribution is 5.34. The van der Waals surface area contributed by atoms with Crippen LogP contribution in [0.5, 0.6) is 17.2 Å². The lowest BCUT2D eigenvalue weighted by Crippen LogP contribution is -2.24. The van der Waals surface area contributed by atoms with Gasteiger partial charge in [-0.2, -0.15) is 0 Å². The molecular weight excluding hydrogens is 412 g/mol. The highest BCUT2D eigenvalue weighted by Crippen LogP contribution is 2.27. The summed E-state index contributed by atoms with van der Waals surface area (Å²) in [6.07, 6.45) is 0. The van der Waals surface area contributed by atoms with Gasteiger partial charge in [0, 0.05) is 18.6 Å². The van der Waals surface area contributed by atoms with Gasteiger partial charge < -0.3 is 18.9 Å². The number of hydrogen-bond donors (Lipinski definition) is 0. The Bertz CT molecular complexity index is 902. The minimum absolute atomic E-state index is 0.0805. The van der Waals surface area contributed by atoms with Gasteiger partial charge in [-0.3, -0.25) is 0 Å². The molecule has 3 aromatic carbocycles. The molecule has 0 N–H and O–H groups in total. The third-order valence-corrected chi connectivity index (χ3v) is 4.96. The van der Waals surface area contributed by atoms with Gasteiger partial charge in [-0.25, -0.2) is 0 Å². The fourth-order valence-corrected chi connectivity index (χ4v) is 3.20. The normalized spacial score (nSPS) is 10.8. The van der Waals surface area contributed by atoms with Gasteiger partial charge in [0.1, 0.15) is 17.2 Å². The molecule has 0 heterocycles. The molecule has 3 aromatic rings. The van der Waals surface area contributed by atoms with E-state index in [1.54, 1.807) is 0 Å². The molecule has 0 unspecified atom stereocenters. The van der Waals surface area contributed by atoms with Crippen molar-refractivity contribution in [3.05, 3.63) is 90.0 Å². The minimum atomic E-state index is -0.0805. The molecule has 0 bridgehead atoms.